The number of piperazine rings is 1. The molecule has 8 heteroatoms. The molecule has 5 rings (SSSR count). The van der Waals surface area contributed by atoms with Crippen LogP contribution in [0.25, 0.3) is 11.2 Å². The largest absolute Gasteiger partial charge is 0.399 e. The van der Waals surface area contributed by atoms with E-state index in [1.807, 2.05) is 23.7 Å². The number of benzene rings is 2. The van der Waals surface area contributed by atoms with Crippen LogP contribution >= 0.6 is 0 Å². The lowest BCUT2D eigenvalue weighted by atomic mass is 9.86. The molecule has 0 bridgehead atoms. The predicted molar refractivity (Wildman–Crippen MR) is 145 cm³/mol. The molecule has 1 saturated heterocycles. The lowest BCUT2D eigenvalue weighted by Crippen LogP contribution is -2.47. The van der Waals surface area contributed by atoms with Gasteiger partial charge < -0.3 is 25.4 Å². The first-order valence-electron chi connectivity index (χ1n) is 12.1. The number of imidazole rings is 1. The average Bonchev–Trinajstić information content (AvgIpc) is 3.21. The van der Waals surface area contributed by atoms with Crippen LogP contribution in [0.15, 0.2) is 48.8 Å². The van der Waals surface area contributed by atoms with Crippen molar-refractivity contribution in [3.63, 3.8) is 0 Å². The summed E-state index contributed by atoms with van der Waals surface area (Å²) in [5, 5.41) is 3.61. The highest BCUT2D eigenvalue weighted by molar-refractivity contribution is 5.87. The van der Waals surface area contributed by atoms with Gasteiger partial charge in [0.1, 0.15) is 5.52 Å². The van der Waals surface area contributed by atoms with Crippen LogP contribution in [0, 0.1) is 6.92 Å². The maximum Gasteiger partial charge on any atom is 0.229 e. The van der Waals surface area contributed by atoms with Crippen LogP contribution in [0.4, 0.5) is 28.8 Å². The Labute approximate surface area is 206 Å². The molecule has 0 aliphatic carbocycles. The van der Waals surface area contributed by atoms with Crippen LogP contribution in [0.5, 0.6) is 0 Å². The number of anilines is 5. The number of hydrogen-bond donors (Lipinski definition) is 2. The van der Waals surface area contributed by atoms with Crippen molar-refractivity contribution in [3.05, 3.63) is 59.9 Å². The summed E-state index contributed by atoms with van der Waals surface area (Å²) < 4.78 is 1.98. The van der Waals surface area contributed by atoms with Gasteiger partial charge in [0.05, 0.1) is 6.33 Å². The van der Waals surface area contributed by atoms with Gasteiger partial charge in [-0.25, -0.2) is 4.98 Å². The Hall–Kier alpha value is -3.81. The maximum atomic E-state index is 5.85. The first-order valence-corrected chi connectivity index (χ1v) is 12.1. The van der Waals surface area contributed by atoms with Crippen LogP contribution in [0.3, 0.4) is 0 Å². The van der Waals surface area contributed by atoms with Crippen LogP contribution in [0.1, 0.15) is 31.9 Å². The second-order valence-electron chi connectivity index (χ2n) is 10.4. The monoisotopic (exact) mass is 470 g/mol. The smallest absolute Gasteiger partial charge is 0.229 e. The molecule has 0 radical (unpaired) electrons. The number of aryl methyl sites for hydroxylation is 2. The molecule has 0 unspecified atom stereocenters. The Morgan fingerprint density at radius 2 is 1.60 bits per heavy atom. The molecule has 0 saturated carbocycles. The highest BCUT2D eigenvalue weighted by Gasteiger charge is 2.23. The van der Waals surface area contributed by atoms with Gasteiger partial charge in [-0.15, -0.1) is 0 Å². The predicted octanol–water partition coefficient (Wildman–Crippen LogP) is 4.62. The van der Waals surface area contributed by atoms with Crippen molar-refractivity contribution in [1.29, 1.82) is 0 Å². The van der Waals surface area contributed by atoms with Crippen LogP contribution in [0.2, 0.25) is 0 Å². The standard InChI is InChI=1S/C27H34N8/c1-18-6-7-19(27(2,3)4)16-22(18)30-25-23-24(29-17-33(23)5)31-26(32-25)35-14-12-34(13-15-35)21-10-8-20(28)9-11-21/h6-11,16-17H,12-15,28H2,1-5H3,(H,30,31,32). The van der Waals surface area contributed by atoms with Crippen molar-refractivity contribution in [3.8, 4) is 0 Å². The first-order chi connectivity index (χ1) is 16.7. The third-order valence-electron chi connectivity index (χ3n) is 6.74. The van der Waals surface area contributed by atoms with Gasteiger partial charge in [-0.1, -0.05) is 32.9 Å². The molecule has 0 atom stereocenters. The Balaban J connectivity index is 1.44. The third-order valence-corrected chi connectivity index (χ3v) is 6.74. The lowest BCUT2D eigenvalue weighted by molar-refractivity contribution is 0.590. The van der Waals surface area contributed by atoms with Crippen LogP contribution in [-0.2, 0) is 12.5 Å². The number of fused-ring (bicyclic) bond motifs is 1. The highest BCUT2D eigenvalue weighted by Crippen LogP contribution is 2.31. The van der Waals surface area contributed by atoms with Crippen molar-refractivity contribution in [2.24, 2.45) is 7.05 Å². The van der Waals surface area contributed by atoms with Gasteiger partial charge in [0.25, 0.3) is 0 Å². The minimum Gasteiger partial charge on any atom is -0.399 e. The van der Waals surface area contributed by atoms with Gasteiger partial charge in [-0.05, 0) is 53.8 Å². The van der Waals surface area contributed by atoms with Crippen molar-refractivity contribution >= 4 is 40.0 Å². The SMILES string of the molecule is Cc1ccc(C(C)(C)C)cc1Nc1nc(N2CCN(c3ccc(N)cc3)CC2)nc2ncn(C)c12. The molecular weight excluding hydrogens is 436 g/mol. The summed E-state index contributed by atoms with van der Waals surface area (Å²) in [6, 6.07) is 14.7. The van der Waals surface area contributed by atoms with Gasteiger partial charge in [-0.2, -0.15) is 9.97 Å². The summed E-state index contributed by atoms with van der Waals surface area (Å²) >= 11 is 0. The number of nitrogen functional groups attached to an aromatic ring is 1. The number of aromatic nitrogens is 4. The summed E-state index contributed by atoms with van der Waals surface area (Å²) in [4.78, 5) is 19.0. The fraction of sp³-hybridized carbons (Fsp3) is 0.370. The van der Waals surface area contributed by atoms with E-state index in [0.717, 1.165) is 48.9 Å². The van der Waals surface area contributed by atoms with Crippen molar-refractivity contribution in [1.82, 2.24) is 19.5 Å². The quantitative estimate of drug-likeness (QED) is 0.421. The van der Waals surface area contributed by atoms with Crippen molar-refractivity contribution in [2.75, 3.05) is 47.0 Å². The topological polar surface area (TPSA) is 88.1 Å². The normalized spacial score (nSPS) is 14.5. The summed E-state index contributed by atoms with van der Waals surface area (Å²) in [6.45, 7) is 12.3. The summed E-state index contributed by atoms with van der Waals surface area (Å²) in [6.07, 6.45) is 1.80. The second kappa shape index (κ2) is 8.76. The molecule has 2 aromatic carbocycles. The molecule has 1 aliphatic heterocycles. The Bertz CT molecular complexity index is 1340. The van der Waals surface area contributed by atoms with Gasteiger partial charge >= 0.3 is 0 Å². The van der Waals surface area contributed by atoms with E-state index in [4.69, 9.17) is 15.7 Å². The molecule has 3 heterocycles. The van der Waals surface area contributed by atoms with Gasteiger partial charge in [0, 0.05) is 50.3 Å². The Morgan fingerprint density at radius 3 is 2.29 bits per heavy atom. The zero-order chi connectivity index (χ0) is 24.7. The lowest BCUT2D eigenvalue weighted by Gasteiger charge is -2.36. The molecule has 4 aromatic rings. The number of hydrogen-bond acceptors (Lipinski definition) is 7. The second-order valence-corrected chi connectivity index (χ2v) is 10.4. The molecular formula is C27H34N8. The summed E-state index contributed by atoms with van der Waals surface area (Å²) in [5.74, 6) is 1.49. The van der Waals surface area contributed by atoms with Crippen LogP contribution in [-0.4, -0.2) is 45.7 Å². The molecule has 35 heavy (non-hydrogen) atoms. The molecule has 1 aliphatic rings. The number of rotatable bonds is 4. The zero-order valence-corrected chi connectivity index (χ0v) is 21.2. The molecule has 3 N–H and O–H groups in total. The van der Waals surface area contributed by atoms with Gasteiger partial charge in [-0.3, -0.25) is 0 Å². The molecule has 1 fully saturated rings. The van der Waals surface area contributed by atoms with E-state index in [9.17, 15) is 0 Å². The zero-order valence-electron chi connectivity index (χ0n) is 21.2. The van der Waals surface area contributed by atoms with E-state index in [-0.39, 0.29) is 5.41 Å². The summed E-state index contributed by atoms with van der Waals surface area (Å²) in [7, 11) is 1.98. The van der Waals surface area contributed by atoms with Gasteiger partial charge in [0.2, 0.25) is 5.95 Å². The molecule has 8 nitrogen and oxygen atoms in total. The number of nitrogens with zero attached hydrogens (tertiary/aromatic N) is 6. The van der Waals surface area contributed by atoms with Crippen molar-refractivity contribution < 1.29 is 0 Å². The van der Waals surface area contributed by atoms with Crippen LogP contribution < -0.4 is 20.9 Å². The average molecular weight is 471 g/mol. The highest BCUT2D eigenvalue weighted by atomic mass is 15.3. The molecule has 2 aromatic heterocycles. The van der Waals surface area contributed by atoms with E-state index in [0.29, 0.717) is 11.6 Å². The van der Waals surface area contributed by atoms with E-state index < -0.39 is 0 Å². The fourth-order valence-corrected chi connectivity index (χ4v) is 4.47. The van der Waals surface area contributed by atoms with Gasteiger partial charge in [0.15, 0.2) is 11.5 Å². The Kier molecular flexibility index (Phi) is 5.75. The number of nitrogens with one attached hydrogen (secondary N) is 1. The van der Waals surface area contributed by atoms with E-state index in [1.54, 1.807) is 6.33 Å². The maximum absolute atomic E-state index is 5.85. The van der Waals surface area contributed by atoms with E-state index >= 15 is 0 Å². The minimum absolute atomic E-state index is 0.0625. The van der Waals surface area contributed by atoms with E-state index in [1.165, 1.54) is 16.8 Å². The first kappa shape index (κ1) is 23.0. The van der Waals surface area contributed by atoms with E-state index in [2.05, 4.69) is 78.1 Å². The Morgan fingerprint density at radius 1 is 0.914 bits per heavy atom. The minimum atomic E-state index is 0.0625. The van der Waals surface area contributed by atoms with Crippen molar-refractivity contribution in [2.45, 2.75) is 33.1 Å². The fourth-order valence-electron chi connectivity index (χ4n) is 4.47. The number of nitrogens with two attached hydrogens (primary N) is 1. The summed E-state index contributed by atoms with van der Waals surface area (Å²) in [5.41, 5.74) is 13.0. The molecule has 0 spiro atoms. The molecule has 182 valence electrons. The third kappa shape index (κ3) is 4.60. The molecule has 0 amide bonds.